The molecule has 13 nitrogen and oxygen atoms in total. The molecule has 0 aliphatic carbocycles. The van der Waals surface area contributed by atoms with Crippen molar-refractivity contribution in [2.75, 3.05) is 18.1 Å². The number of nitrogen functional groups attached to an aromatic ring is 2. The van der Waals surface area contributed by atoms with E-state index < -0.39 is 0 Å². The molecular weight excluding hydrogens is 512 g/mol. The molecule has 4 heterocycles. The summed E-state index contributed by atoms with van der Waals surface area (Å²) >= 11 is 0. The lowest BCUT2D eigenvalue weighted by Gasteiger charge is -2.00. The van der Waals surface area contributed by atoms with Crippen LogP contribution in [0.5, 0.6) is 0 Å². The SMILES string of the molecule is C=CC(=O)OCC.CC(=O)CCn1nc(-c2cccnc2)c(C#N)c1N.N#Cc1c(N)n[nH]c1-c1cccnc1. The van der Waals surface area contributed by atoms with Crippen molar-refractivity contribution in [1.29, 1.82) is 10.5 Å². The predicted molar refractivity (Wildman–Crippen MR) is 148 cm³/mol. The van der Waals surface area contributed by atoms with Crippen molar-refractivity contribution in [2.45, 2.75) is 26.8 Å². The van der Waals surface area contributed by atoms with Crippen molar-refractivity contribution in [3.63, 3.8) is 0 Å². The van der Waals surface area contributed by atoms with E-state index in [0.29, 0.717) is 42.1 Å². The molecule has 0 fully saturated rings. The van der Waals surface area contributed by atoms with Crippen LogP contribution in [0.15, 0.2) is 61.7 Å². The van der Waals surface area contributed by atoms with E-state index in [1.54, 1.807) is 43.8 Å². The summed E-state index contributed by atoms with van der Waals surface area (Å²) in [6.07, 6.45) is 8.05. The minimum Gasteiger partial charge on any atom is -0.463 e. The van der Waals surface area contributed by atoms with E-state index in [1.165, 1.54) is 11.6 Å². The first kappa shape index (κ1) is 30.4. The smallest absolute Gasteiger partial charge is 0.330 e. The number of nitrogens with one attached hydrogen (secondary N) is 1. The number of rotatable bonds is 7. The fourth-order valence-electron chi connectivity index (χ4n) is 3.11. The Morgan fingerprint density at radius 2 is 1.73 bits per heavy atom. The van der Waals surface area contributed by atoms with E-state index in [0.717, 1.165) is 17.2 Å². The Morgan fingerprint density at radius 3 is 2.20 bits per heavy atom. The van der Waals surface area contributed by atoms with Gasteiger partial charge in [0.1, 0.15) is 40.6 Å². The molecule has 0 saturated heterocycles. The topological polar surface area (TPSA) is 215 Å². The highest BCUT2D eigenvalue weighted by Gasteiger charge is 2.17. The van der Waals surface area contributed by atoms with Crippen LogP contribution in [0.2, 0.25) is 0 Å². The number of anilines is 2. The maximum atomic E-state index is 11.0. The highest BCUT2D eigenvalue weighted by Crippen LogP contribution is 2.26. The number of pyridine rings is 2. The molecule has 0 bridgehead atoms. The van der Waals surface area contributed by atoms with Gasteiger partial charge in [-0.25, -0.2) is 9.48 Å². The van der Waals surface area contributed by atoms with Gasteiger partial charge in [-0.1, -0.05) is 6.58 Å². The summed E-state index contributed by atoms with van der Waals surface area (Å²) in [5.41, 5.74) is 14.7. The number of carbonyl (C=O) groups excluding carboxylic acids is 2. The Morgan fingerprint density at radius 1 is 1.10 bits per heavy atom. The zero-order valence-electron chi connectivity index (χ0n) is 22.0. The number of aryl methyl sites for hydroxylation is 1. The first-order valence-electron chi connectivity index (χ1n) is 11.9. The van der Waals surface area contributed by atoms with Crippen LogP contribution in [-0.2, 0) is 20.9 Å². The lowest BCUT2D eigenvalue weighted by Crippen LogP contribution is -2.07. The van der Waals surface area contributed by atoms with Crippen LogP contribution in [0.1, 0.15) is 31.4 Å². The summed E-state index contributed by atoms with van der Waals surface area (Å²) < 4.78 is 5.92. The molecule has 0 saturated carbocycles. The van der Waals surface area contributed by atoms with Crippen LogP contribution in [0.25, 0.3) is 22.5 Å². The third-order valence-electron chi connectivity index (χ3n) is 5.02. The molecule has 4 aromatic heterocycles. The van der Waals surface area contributed by atoms with Gasteiger partial charge in [0.2, 0.25) is 0 Å². The summed E-state index contributed by atoms with van der Waals surface area (Å²) in [5.74, 6) is 0.188. The second kappa shape index (κ2) is 15.4. The normalized spacial score (nSPS) is 9.50. The number of carbonyl (C=O) groups is 2. The maximum absolute atomic E-state index is 11.0. The molecule has 0 aliphatic heterocycles. The molecule has 5 N–H and O–H groups in total. The highest BCUT2D eigenvalue weighted by atomic mass is 16.5. The number of nitriles is 2. The number of ether oxygens (including phenoxy) is 1. The van der Waals surface area contributed by atoms with Gasteiger partial charge in [-0.2, -0.15) is 20.7 Å². The molecule has 40 heavy (non-hydrogen) atoms. The zero-order chi connectivity index (χ0) is 29.5. The molecule has 4 rings (SSSR count). The fraction of sp³-hybridized carbons (Fsp3) is 0.185. The van der Waals surface area contributed by atoms with Gasteiger partial charge in [0, 0.05) is 48.4 Å². The Bertz CT molecular complexity index is 1510. The van der Waals surface area contributed by atoms with E-state index in [2.05, 4.69) is 36.6 Å². The summed E-state index contributed by atoms with van der Waals surface area (Å²) in [7, 11) is 0. The first-order valence-corrected chi connectivity index (χ1v) is 11.9. The zero-order valence-corrected chi connectivity index (χ0v) is 22.0. The van der Waals surface area contributed by atoms with Crippen LogP contribution >= 0.6 is 0 Å². The largest absolute Gasteiger partial charge is 0.463 e. The minimum absolute atomic E-state index is 0.0522. The van der Waals surface area contributed by atoms with Crippen LogP contribution in [-0.4, -0.2) is 48.3 Å². The molecule has 204 valence electrons. The van der Waals surface area contributed by atoms with Crippen molar-refractivity contribution in [2.24, 2.45) is 0 Å². The van der Waals surface area contributed by atoms with Crippen LogP contribution in [0.4, 0.5) is 11.6 Å². The number of aromatic amines is 1. The minimum atomic E-state index is -0.359. The van der Waals surface area contributed by atoms with Gasteiger partial charge in [-0.15, -0.1) is 0 Å². The van der Waals surface area contributed by atoms with Gasteiger partial charge in [-0.05, 0) is 38.1 Å². The monoisotopic (exact) mass is 540 g/mol. The van der Waals surface area contributed by atoms with E-state index in [-0.39, 0.29) is 23.4 Å². The molecule has 0 radical (unpaired) electrons. The molecule has 0 spiro atoms. The lowest BCUT2D eigenvalue weighted by molar-refractivity contribution is -0.137. The second-order valence-electron chi connectivity index (χ2n) is 7.81. The van der Waals surface area contributed by atoms with E-state index in [1.807, 2.05) is 24.3 Å². The van der Waals surface area contributed by atoms with Crippen LogP contribution < -0.4 is 11.5 Å². The molecule has 0 atom stereocenters. The molecule has 0 unspecified atom stereocenters. The molecular formula is C27H28N10O3. The third kappa shape index (κ3) is 8.36. The Kier molecular flexibility index (Phi) is 11.7. The van der Waals surface area contributed by atoms with Crippen LogP contribution in [0, 0.1) is 22.7 Å². The summed E-state index contributed by atoms with van der Waals surface area (Å²) in [4.78, 5) is 29.0. The van der Waals surface area contributed by atoms with Crippen molar-refractivity contribution in [1.82, 2.24) is 29.9 Å². The quantitative estimate of drug-likeness (QED) is 0.228. The Labute approximate surface area is 230 Å². The van der Waals surface area contributed by atoms with Gasteiger partial charge in [-0.3, -0.25) is 19.9 Å². The Hall–Kier alpha value is -5.82. The number of Topliss-reactive ketones (excluding diaryl/α,β-unsaturated/α-hetero) is 1. The highest BCUT2D eigenvalue weighted by molar-refractivity contribution is 5.81. The van der Waals surface area contributed by atoms with E-state index in [4.69, 9.17) is 16.7 Å². The number of aromatic nitrogens is 6. The van der Waals surface area contributed by atoms with Gasteiger partial charge in [0.25, 0.3) is 0 Å². The average Bonchev–Trinajstić information content (AvgIpc) is 3.51. The van der Waals surface area contributed by atoms with E-state index in [9.17, 15) is 14.9 Å². The van der Waals surface area contributed by atoms with E-state index >= 15 is 0 Å². The van der Waals surface area contributed by atoms with Crippen molar-refractivity contribution >= 4 is 23.4 Å². The van der Waals surface area contributed by atoms with Crippen LogP contribution in [0.3, 0.4) is 0 Å². The lowest BCUT2D eigenvalue weighted by atomic mass is 10.1. The second-order valence-corrected chi connectivity index (χ2v) is 7.81. The Balaban J connectivity index is 0.000000234. The molecule has 13 heteroatoms. The van der Waals surface area contributed by atoms with Gasteiger partial charge < -0.3 is 16.2 Å². The average molecular weight is 541 g/mol. The van der Waals surface area contributed by atoms with Crippen molar-refractivity contribution < 1.29 is 14.3 Å². The summed E-state index contributed by atoms with van der Waals surface area (Å²) in [6, 6.07) is 11.2. The third-order valence-corrected chi connectivity index (χ3v) is 5.02. The molecule has 0 aliphatic rings. The van der Waals surface area contributed by atoms with Crippen molar-refractivity contribution in [3.8, 4) is 34.7 Å². The maximum Gasteiger partial charge on any atom is 0.330 e. The standard InChI is InChI=1S/C13H13N5O.C9H7N5.C5H8O2/c1-9(19)4-6-18-13(15)11(7-14)12(17-18)10-3-2-5-16-8-10;10-4-7-8(13-14-9(7)11)6-2-1-3-12-5-6;1-3-5(6)7-4-2/h2-3,5,8H,4,6,15H2,1H3;1-3,5H,(H3,11,13,14);3H,1,4H2,2H3. The first-order chi connectivity index (χ1) is 19.3. The number of nitrogens with two attached hydrogens (primary N) is 2. The number of hydrogen-bond donors (Lipinski definition) is 3. The number of nitrogens with zero attached hydrogens (tertiary/aromatic N) is 7. The van der Waals surface area contributed by atoms with Gasteiger partial charge in [0.15, 0.2) is 5.82 Å². The molecule has 4 aromatic rings. The molecule has 0 aromatic carbocycles. The summed E-state index contributed by atoms with van der Waals surface area (Å²) in [6.45, 7) is 7.26. The number of ketones is 1. The summed E-state index contributed by atoms with van der Waals surface area (Å²) in [5, 5.41) is 28.8. The van der Waals surface area contributed by atoms with Gasteiger partial charge in [0.05, 0.1) is 18.8 Å². The molecule has 0 amide bonds. The van der Waals surface area contributed by atoms with Crippen molar-refractivity contribution in [3.05, 3.63) is 72.8 Å². The number of H-pyrrole nitrogens is 1. The fourth-order valence-corrected chi connectivity index (χ4v) is 3.11. The predicted octanol–water partition coefficient (Wildman–Crippen LogP) is 3.04. The number of hydrogen-bond acceptors (Lipinski definition) is 11. The number of esters is 1. The van der Waals surface area contributed by atoms with Gasteiger partial charge >= 0.3 is 5.97 Å².